The van der Waals surface area contributed by atoms with Gasteiger partial charge in [0, 0.05) is 79.1 Å². The van der Waals surface area contributed by atoms with Crippen molar-refractivity contribution < 1.29 is 14.0 Å². The van der Waals surface area contributed by atoms with Gasteiger partial charge in [-0.1, -0.05) is 53.1 Å². The van der Waals surface area contributed by atoms with E-state index in [1.165, 1.54) is 5.69 Å². The first-order chi connectivity index (χ1) is 19.0. The second-order valence-corrected chi connectivity index (χ2v) is 18.2. The molecule has 0 bridgehead atoms. The lowest BCUT2D eigenvalue weighted by Crippen LogP contribution is -2.50. The van der Waals surface area contributed by atoms with Gasteiger partial charge in [-0.05, 0) is 47.0 Å². The van der Waals surface area contributed by atoms with Crippen LogP contribution in [-0.2, 0) is 22.5 Å². The molecule has 2 aliphatic heterocycles. The minimum atomic E-state index is -2.16. The SMILES string of the molecule is CC(=O)N1CCc2c(c(-c3cc(Cl)cc4cc(O[Si](C(C)C)(C(C)C)C(C)C)ncc34)nn2C2CCOCC2)C1. The number of aromatic nitrogens is 3. The Kier molecular flexibility index (Phi) is 8.33. The Labute approximate surface area is 244 Å². The fourth-order valence-corrected chi connectivity index (χ4v) is 12.6. The van der Waals surface area contributed by atoms with E-state index in [0.29, 0.717) is 46.7 Å². The first-order valence-electron chi connectivity index (χ1n) is 14.7. The normalized spacial score (nSPS) is 16.8. The number of amides is 1. The Morgan fingerprint density at radius 2 is 1.75 bits per heavy atom. The van der Waals surface area contributed by atoms with Gasteiger partial charge in [0.15, 0.2) is 5.88 Å². The Hall–Kier alpha value is -2.42. The van der Waals surface area contributed by atoms with Crippen molar-refractivity contribution in [2.24, 2.45) is 0 Å². The number of fused-ring (bicyclic) bond motifs is 2. The molecule has 216 valence electrons. The molecule has 1 saturated heterocycles. The van der Waals surface area contributed by atoms with Crippen molar-refractivity contribution in [1.82, 2.24) is 19.7 Å². The van der Waals surface area contributed by atoms with Crippen LogP contribution < -0.4 is 4.43 Å². The minimum absolute atomic E-state index is 0.0860. The van der Waals surface area contributed by atoms with Crippen LogP contribution >= 0.6 is 11.6 Å². The van der Waals surface area contributed by atoms with Crippen LogP contribution in [0.25, 0.3) is 22.0 Å². The van der Waals surface area contributed by atoms with E-state index >= 15 is 0 Å². The molecule has 4 heterocycles. The quantitative estimate of drug-likeness (QED) is 0.269. The van der Waals surface area contributed by atoms with Crippen molar-refractivity contribution in [3.05, 3.63) is 40.7 Å². The molecule has 0 N–H and O–H groups in total. The second kappa shape index (κ2) is 11.5. The third-order valence-corrected chi connectivity index (χ3v) is 15.3. The first-order valence-corrected chi connectivity index (χ1v) is 17.3. The fraction of sp³-hybridized carbons (Fsp3) is 0.581. The summed E-state index contributed by atoms with van der Waals surface area (Å²) < 4.78 is 14.8. The Morgan fingerprint density at radius 3 is 2.38 bits per heavy atom. The van der Waals surface area contributed by atoms with E-state index in [0.717, 1.165) is 60.1 Å². The Morgan fingerprint density at radius 1 is 1.07 bits per heavy atom. The number of pyridine rings is 1. The molecule has 3 aromatic rings. The van der Waals surface area contributed by atoms with Crippen molar-refractivity contribution in [2.75, 3.05) is 19.8 Å². The second-order valence-electron chi connectivity index (χ2n) is 12.4. The maximum absolute atomic E-state index is 12.4. The number of carbonyl (C=O) groups excluding carboxylic acids is 1. The van der Waals surface area contributed by atoms with Gasteiger partial charge in [0.25, 0.3) is 8.32 Å². The van der Waals surface area contributed by atoms with Gasteiger partial charge in [0.1, 0.15) is 0 Å². The van der Waals surface area contributed by atoms with Crippen molar-refractivity contribution in [3.8, 4) is 17.1 Å². The fourth-order valence-electron chi connectivity index (χ4n) is 7.15. The summed E-state index contributed by atoms with van der Waals surface area (Å²) in [5.74, 6) is 0.754. The highest BCUT2D eigenvalue weighted by molar-refractivity contribution is 6.78. The molecule has 0 radical (unpaired) electrons. The molecule has 7 nitrogen and oxygen atoms in total. The van der Waals surface area contributed by atoms with Crippen LogP contribution in [-0.4, -0.2) is 53.6 Å². The smallest absolute Gasteiger partial charge is 0.260 e. The van der Waals surface area contributed by atoms with Crippen LogP contribution in [0.2, 0.25) is 21.6 Å². The zero-order chi connectivity index (χ0) is 28.8. The molecular weight excluding hydrogens is 540 g/mol. The number of halogens is 1. The highest BCUT2D eigenvalue weighted by Gasteiger charge is 2.47. The summed E-state index contributed by atoms with van der Waals surface area (Å²) in [4.78, 5) is 19.1. The van der Waals surface area contributed by atoms with E-state index in [-0.39, 0.29) is 5.91 Å². The van der Waals surface area contributed by atoms with Gasteiger partial charge in [-0.3, -0.25) is 9.48 Å². The summed E-state index contributed by atoms with van der Waals surface area (Å²) in [7, 11) is -2.16. The number of nitrogens with zero attached hydrogens (tertiary/aromatic N) is 4. The molecule has 2 aliphatic rings. The van der Waals surface area contributed by atoms with Gasteiger partial charge in [0.05, 0.1) is 11.7 Å². The molecule has 9 heteroatoms. The van der Waals surface area contributed by atoms with E-state index < -0.39 is 8.32 Å². The van der Waals surface area contributed by atoms with Crippen LogP contribution in [0.4, 0.5) is 0 Å². The van der Waals surface area contributed by atoms with E-state index in [1.807, 2.05) is 29.3 Å². The minimum Gasteiger partial charge on any atom is -0.530 e. The Bertz CT molecular complexity index is 1380. The van der Waals surface area contributed by atoms with Crippen molar-refractivity contribution in [1.29, 1.82) is 0 Å². The predicted molar refractivity (Wildman–Crippen MR) is 164 cm³/mol. The first kappa shape index (κ1) is 29.1. The van der Waals surface area contributed by atoms with Gasteiger partial charge >= 0.3 is 0 Å². The molecule has 2 aromatic heterocycles. The molecular formula is C31H43ClN4O3Si. The lowest BCUT2D eigenvalue weighted by Gasteiger charge is -2.41. The molecule has 0 aliphatic carbocycles. The number of carbonyl (C=O) groups is 1. The average molecular weight is 583 g/mol. The summed E-state index contributed by atoms with van der Waals surface area (Å²) in [6.45, 7) is 18.1. The summed E-state index contributed by atoms with van der Waals surface area (Å²) >= 11 is 6.76. The van der Waals surface area contributed by atoms with Crippen molar-refractivity contribution >= 4 is 36.6 Å². The number of rotatable bonds is 7. The van der Waals surface area contributed by atoms with Gasteiger partial charge in [-0.15, -0.1) is 0 Å². The third-order valence-electron chi connectivity index (χ3n) is 9.09. The summed E-state index contributed by atoms with van der Waals surface area (Å²) in [6, 6.07) is 6.32. The number of hydrogen-bond acceptors (Lipinski definition) is 5. The van der Waals surface area contributed by atoms with Crippen LogP contribution in [0, 0.1) is 0 Å². The van der Waals surface area contributed by atoms with E-state index in [4.69, 9.17) is 30.8 Å². The monoisotopic (exact) mass is 582 g/mol. The standard InChI is InChI=1S/C31H43ClN4O3Si/c1-19(2)40(20(3)4,21(5)6)39-30-15-23-14-24(32)16-26(27(23)17-33-30)31-28-18-35(22(7)37)11-8-29(28)36(34-31)25-9-12-38-13-10-25/h14-17,19-21,25H,8-13,18H2,1-7H3. The zero-order valence-electron chi connectivity index (χ0n) is 25.0. The topological polar surface area (TPSA) is 69.5 Å². The van der Waals surface area contributed by atoms with E-state index in [1.54, 1.807) is 6.92 Å². The van der Waals surface area contributed by atoms with Crippen molar-refractivity contribution in [2.45, 2.75) is 96.9 Å². The molecule has 5 rings (SSSR count). The van der Waals surface area contributed by atoms with Crippen LogP contribution in [0.5, 0.6) is 5.88 Å². The Balaban J connectivity index is 1.63. The van der Waals surface area contributed by atoms with Crippen molar-refractivity contribution in [3.63, 3.8) is 0 Å². The molecule has 0 spiro atoms. The maximum Gasteiger partial charge on any atom is 0.260 e. The van der Waals surface area contributed by atoms with E-state index in [9.17, 15) is 4.79 Å². The zero-order valence-corrected chi connectivity index (χ0v) is 26.7. The maximum atomic E-state index is 12.4. The third kappa shape index (κ3) is 5.18. The predicted octanol–water partition coefficient (Wildman–Crippen LogP) is 7.56. The molecule has 0 saturated carbocycles. The van der Waals surface area contributed by atoms with Gasteiger partial charge in [0.2, 0.25) is 5.91 Å². The van der Waals surface area contributed by atoms with Gasteiger partial charge < -0.3 is 14.1 Å². The number of benzene rings is 1. The summed E-state index contributed by atoms with van der Waals surface area (Å²) in [5, 5.41) is 7.86. The van der Waals surface area contributed by atoms with Crippen LogP contribution in [0.1, 0.15) is 78.6 Å². The molecule has 0 unspecified atom stereocenters. The highest BCUT2D eigenvalue weighted by Crippen LogP contribution is 2.44. The lowest BCUT2D eigenvalue weighted by atomic mass is 9.97. The number of hydrogen-bond donors (Lipinski definition) is 0. The number of ether oxygens (including phenoxy) is 1. The molecule has 0 atom stereocenters. The van der Waals surface area contributed by atoms with Crippen LogP contribution in [0.3, 0.4) is 0 Å². The molecule has 40 heavy (non-hydrogen) atoms. The summed E-state index contributed by atoms with van der Waals surface area (Å²) in [6.07, 6.45) is 4.59. The molecule has 1 fully saturated rings. The molecule has 1 aromatic carbocycles. The van der Waals surface area contributed by atoms with Gasteiger partial charge in [-0.25, -0.2) is 4.98 Å². The van der Waals surface area contributed by atoms with E-state index in [2.05, 4.69) is 46.2 Å². The highest BCUT2D eigenvalue weighted by atomic mass is 35.5. The lowest BCUT2D eigenvalue weighted by molar-refractivity contribution is -0.129. The van der Waals surface area contributed by atoms with Gasteiger partial charge in [-0.2, -0.15) is 5.10 Å². The largest absolute Gasteiger partial charge is 0.530 e. The molecule has 1 amide bonds. The summed E-state index contributed by atoms with van der Waals surface area (Å²) in [5.41, 5.74) is 5.53. The average Bonchev–Trinajstić information content (AvgIpc) is 3.29. The van der Waals surface area contributed by atoms with Crippen LogP contribution in [0.15, 0.2) is 24.4 Å².